The van der Waals surface area contributed by atoms with E-state index in [2.05, 4.69) is 5.32 Å². The van der Waals surface area contributed by atoms with Gasteiger partial charge in [0.2, 0.25) is 0 Å². The zero-order valence-electron chi connectivity index (χ0n) is 11.9. The molecule has 112 valence electrons. The highest BCUT2D eigenvalue weighted by molar-refractivity contribution is 7.91. The molecule has 1 saturated heterocycles. The van der Waals surface area contributed by atoms with Crippen LogP contribution in [0.4, 0.5) is 10.1 Å². The number of nitrogens with one attached hydrogen (secondary N) is 1. The maximum atomic E-state index is 14.2. The summed E-state index contributed by atoms with van der Waals surface area (Å²) in [6.45, 7) is 5.65. The van der Waals surface area contributed by atoms with E-state index in [0.29, 0.717) is 18.8 Å². The molecule has 0 amide bonds. The van der Waals surface area contributed by atoms with Gasteiger partial charge in [0.15, 0.2) is 9.84 Å². The monoisotopic (exact) mass is 300 g/mol. The minimum Gasteiger partial charge on any atom is -0.364 e. The number of rotatable bonds is 4. The number of halogens is 1. The molecule has 1 unspecified atom stereocenters. The predicted octanol–water partition coefficient (Wildman–Crippen LogP) is 1.56. The fourth-order valence-electron chi connectivity index (χ4n) is 2.52. The molecule has 0 radical (unpaired) electrons. The zero-order valence-corrected chi connectivity index (χ0v) is 12.7. The lowest BCUT2D eigenvalue weighted by Crippen LogP contribution is -2.47. The van der Waals surface area contributed by atoms with Crippen LogP contribution in [0.25, 0.3) is 0 Å². The van der Waals surface area contributed by atoms with Gasteiger partial charge >= 0.3 is 0 Å². The minimum atomic E-state index is -2.98. The van der Waals surface area contributed by atoms with Crippen LogP contribution in [-0.2, 0) is 16.4 Å². The maximum absolute atomic E-state index is 14.2. The Labute approximate surface area is 119 Å². The number of nitrogens with zero attached hydrogens (tertiary/aromatic N) is 1. The van der Waals surface area contributed by atoms with Crippen molar-refractivity contribution in [3.8, 4) is 0 Å². The van der Waals surface area contributed by atoms with E-state index in [1.165, 1.54) is 6.07 Å². The van der Waals surface area contributed by atoms with Crippen molar-refractivity contribution in [2.45, 2.75) is 26.4 Å². The summed E-state index contributed by atoms with van der Waals surface area (Å²) in [5.41, 5.74) is 1.39. The second kappa shape index (κ2) is 6.10. The van der Waals surface area contributed by atoms with Gasteiger partial charge in [-0.05, 0) is 31.2 Å². The molecule has 0 aromatic heterocycles. The van der Waals surface area contributed by atoms with Crippen molar-refractivity contribution < 1.29 is 12.8 Å². The Morgan fingerprint density at radius 3 is 2.80 bits per heavy atom. The highest BCUT2D eigenvalue weighted by atomic mass is 32.2. The molecule has 0 bridgehead atoms. The maximum Gasteiger partial charge on any atom is 0.154 e. The quantitative estimate of drug-likeness (QED) is 0.917. The molecule has 4 nitrogen and oxygen atoms in total. The summed E-state index contributed by atoms with van der Waals surface area (Å²) in [6, 6.07) is 4.96. The van der Waals surface area contributed by atoms with Crippen molar-refractivity contribution in [2.75, 3.05) is 29.5 Å². The van der Waals surface area contributed by atoms with Gasteiger partial charge in [-0.1, -0.05) is 13.0 Å². The minimum absolute atomic E-state index is 0.0889. The van der Waals surface area contributed by atoms with Gasteiger partial charge in [-0.25, -0.2) is 12.8 Å². The van der Waals surface area contributed by atoms with Gasteiger partial charge in [0.1, 0.15) is 5.82 Å². The molecular weight excluding hydrogens is 279 g/mol. The third-order valence-electron chi connectivity index (χ3n) is 3.57. The summed E-state index contributed by atoms with van der Waals surface area (Å²) in [6.07, 6.45) is 0. The Morgan fingerprint density at radius 1 is 1.45 bits per heavy atom. The van der Waals surface area contributed by atoms with E-state index in [1.54, 1.807) is 6.07 Å². The fourth-order valence-corrected chi connectivity index (χ4v) is 4.08. The average molecular weight is 300 g/mol. The molecular formula is C14H21FN2O2S. The van der Waals surface area contributed by atoms with Crippen molar-refractivity contribution in [3.63, 3.8) is 0 Å². The Balaban J connectivity index is 2.17. The van der Waals surface area contributed by atoms with Crippen molar-refractivity contribution in [3.05, 3.63) is 29.6 Å². The lowest BCUT2D eigenvalue weighted by Gasteiger charge is -2.35. The molecule has 6 heteroatoms. The van der Waals surface area contributed by atoms with E-state index in [-0.39, 0.29) is 23.4 Å². The SMILES string of the molecule is CCNCc1ccc(N2CCS(=O)(=O)CC2C)c(F)c1. The summed E-state index contributed by atoms with van der Waals surface area (Å²) in [5.74, 6) is -0.104. The lowest BCUT2D eigenvalue weighted by atomic mass is 10.1. The number of sulfone groups is 1. The molecule has 1 N–H and O–H groups in total. The highest BCUT2D eigenvalue weighted by Crippen LogP contribution is 2.25. The molecule has 20 heavy (non-hydrogen) atoms. The first-order valence-electron chi connectivity index (χ1n) is 6.89. The predicted molar refractivity (Wildman–Crippen MR) is 79.2 cm³/mol. The summed E-state index contributed by atoms with van der Waals surface area (Å²) < 4.78 is 37.3. The second-order valence-electron chi connectivity index (χ2n) is 5.22. The largest absolute Gasteiger partial charge is 0.364 e. The molecule has 1 aliphatic heterocycles. The van der Waals surface area contributed by atoms with Crippen LogP contribution in [0.2, 0.25) is 0 Å². The standard InChI is InChI=1S/C14H21FN2O2S/c1-3-16-9-12-4-5-14(13(15)8-12)17-6-7-20(18,19)10-11(17)2/h4-5,8,11,16H,3,6-7,9-10H2,1-2H3. The normalized spacial score (nSPS) is 21.9. The summed E-state index contributed by atoms with van der Waals surface area (Å²) in [7, 11) is -2.98. The van der Waals surface area contributed by atoms with Crippen LogP contribution in [0, 0.1) is 5.82 Å². The summed E-state index contributed by atoms with van der Waals surface area (Å²) >= 11 is 0. The van der Waals surface area contributed by atoms with E-state index >= 15 is 0 Å². The van der Waals surface area contributed by atoms with Crippen LogP contribution in [-0.4, -0.2) is 39.1 Å². The topological polar surface area (TPSA) is 49.4 Å². The first-order valence-corrected chi connectivity index (χ1v) is 8.71. The van der Waals surface area contributed by atoms with Gasteiger partial charge in [0, 0.05) is 19.1 Å². The van der Waals surface area contributed by atoms with Gasteiger partial charge in [-0.15, -0.1) is 0 Å². The van der Waals surface area contributed by atoms with Crippen LogP contribution in [0.15, 0.2) is 18.2 Å². The fraction of sp³-hybridized carbons (Fsp3) is 0.571. The van der Waals surface area contributed by atoms with Crippen LogP contribution in [0.3, 0.4) is 0 Å². The molecule has 1 aliphatic rings. The van der Waals surface area contributed by atoms with Gasteiger partial charge in [-0.2, -0.15) is 0 Å². The number of hydrogen-bond acceptors (Lipinski definition) is 4. The molecule has 1 fully saturated rings. The molecule has 1 aromatic carbocycles. The third kappa shape index (κ3) is 3.49. The first kappa shape index (κ1) is 15.3. The number of anilines is 1. The molecule has 1 aromatic rings. The molecule has 0 aliphatic carbocycles. The van der Waals surface area contributed by atoms with Gasteiger partial charge in [0.05, 0.1) is 17.2 Å². The zero-order chi connectivity index (χ0) is 14.8. The van der Waals surface area contributed by atoms with E-state index in [1.807, 2.05) is 24.8 Å². The first-order chi connectivity index (χ1) is 9.43. The Hall–Kier alpha value is -1.14. The molecule has 1 atom stereocenters. The van der Waals surface area contributed by atoms with Crippen molar-refractivity contribution >= 4 is 15.5 Å². The molecule has 1 heterocycles. The third-order valence-corrected chi connectivity index (χ3v) is 5.37. The Kier molecular flexibility index (Phi) is 4.65. The number of benzene rings is 1. The van der Waals surface area contributed by atoms with E-state index in [0.717, 1.165) is 12.1 Å². The summed E-state index contributed by atoms with van der Waals surface area (Å²) in [5, 5.41) is 3.15. The van der Waals surface area contributed by atoms with Crippen molar-refractivity contribution in [1.82, 2.24) is 5.32 Å². The Morgan fingerprint density at radius 2 is 2.20 bits per heavy atom. The molecule has 2 rings (SSSR count). The summed E-state index contributed by atoms with van der Waals surface area (Å²) in [4.78, 5) is 1.84. The van der Waals surface area contributed by atoms with E-state index < -0.39 is 9.84 Å². The van der Waals surface area contributed by atoms with Gasteiger partial charge in [0.25, 0.3) is 0 Å². The van der Waals surface area contributed by atoms with Crippen LogP contribution in [0.5, 0.6) is 0 Å². The average Bonchev–Trinajstić information content (AvgIpc) is 2.37. The Bertz CT molecular complexity index is 575. The number of hydrogen-bond donors (Lipinski definition) is 1. The highest BCUT2D eigenvalue weighted by Gasteiger charge is 2.29. The second-order valence-corrected chi connectivity index (χ2v) is 7.45. The van der Waals surface area contributed by atoms with Gasteiger partial charge < -0.3 is 10.2 Å². The van der Waals surface area contributed by atoms with Gasteiger partial charge in [-0.3, -0.25) is 0 Å². The van der Waals surface area contributed by atoms with Crippen molar-refractivity contribution in [1.29, 1.82) is 0 Å². The van der Waals surface area contributed by atoms with E-state index in [9.17, 15) is 12.8 Å². The van der Waals surface area contributed by atoms with Crippen LogP contribution >= 0.6 is 0 Å². The molecule has 0 spiro atoms. The lowest BCUT2D eigenvalue weighted by molar-refractivity contribution is 0.558. The van der Waals surface area contributed by atoms with Crippen molar-refractivity contribution in [2.24, 2.45) is 0 Å². The molecule has 0 saturated carbocycles. The van der Waals surface area contributed by atoms with Crippen LogP contribution in [0.1, 0.15) is 19.4 Å². The van der Waals surface area contributed by atoms with Crippen LogP contribution < -0.4 is 10.2 Å². The smallest absolute Gasteiger partial charge is 0.154 e. The van der Waals surface area contributed by atoms with E-state index in [4.69, 9.17) is 0 Å².